The zero-order valence-electron chi connectivity index (χ0n) is 8.69. The molecule has 0 rings (SSSR count). The number of ether oxygens (including phenoxy) is 2. The zero-order valence-corrected chi connectivity index (χ0v) is 9.51. The van der Waals surface area contributed by atoms with E-state index in [1.165, 1.54) is 11.8 Å². The molecule has 0 aromatic heterocycles. The molecule has 0 aromatic carbocycles. The van der Waals surface area contributed by atoms with E-state index in [1.54, 1.807) is 7.11 Å². The van der Waals surface area contributed by atoms with Crippen molar-refractivity contribution >= 4 is 17.7 Å². The standard InChI is InChI=1S/C9H18O4S/c1-3-8(9(10)11)14-7-6-13-5-4-12-2/h8H,3-7H2,1-2H3,(H,10,11). The monoisotopic (exact) mass is 222 g/mol. The van der Waals surface area contributed by atoms with Gasteiger partial charge in [-0.15, -0.1) is 11.8 Å². The fourth-order valence-corrected chi connectivity index (χ4v) is 1.73. The minimum atomic E-state index is -0.741. The van der Waals surface area contributed by atoms with E-state index in [0.717, 1.165) is 0 Å². The van der Waals surface area contributed by atoms with Crippen LogP contribution >= 0.6 is 11.8 Å². The van der Waals surface area contributed by atoms with Crippen LogP contribution in [0.25, 0.3) is 0 Å². The SMILES string of the molecule is CCC(SCCOCCOC)C(=O)O. The molecular weight excluding hydrogens is 204 g/mol. The number of carbonyl (C=O) groups is 1. The Labute approximate surface area is 89.0 Å². The van der Waals surface area contributed by atoms with Gasteiger partial charge in [-0.2, -0.15) is 0 Å². The Morgan fingerprint density at radius 1 is 1.43 bits per heavy atom. The fourth-order valence-electron chi connectivity index (χ4n) is 0.857. The van der Waals surface area contributed by atoms with Gasteiger partial charge in [-0.3, -0.25) is 4.79 Å². The van der Waals surface area contributed by atoms with Crippen LogP contribution in [0.4, 0.5) is 0 Å². The quantitative estimate of drug-likeness (QED) is 0.595. The van der Waals surface area contributed by atoms with Crippen molar-refractivity contribution in [3.05, 3.63) is 0 Å². The number of hydrogen-bond acceptors (Lipinski definition) is 4. The molecule has 0 bridgehead atoms. The van der Waals surface area contributed by atoms with Crippen LogP contribution in [-0.4, -0.2) is 49.0 Å². The largest absolute Gasteiger partial charge is 0.480 e. The predicted octanol–water partition coefficient (Wildman–Crippen LogP) is 1.25. The van der Waals surface area contributed by atoms with Gasteiger partial charge in [0, 0.05) is 12.9 Å². The van der Waals surface area contributed by atoms with Crippen LogP contribution in [0.1, 0.15) is 13.3 Å². The van der Waals surface area contributed by atoms with E-state index in [1.807, 2.05) is 6.92 Å². The Morgan fingerprint density at radius 3 is 2.64 bits per heavy atom. The van der Waals surface area contributed by atoms with Gasteiger partial charge in [-0.05, 0) is 6.42 Å². The molecule has 0 aromatic rings. The molecule has 0 amide bonds. The lowest BCUT2D eigenvalue weighted by Crippen LogP contribution is -2.16. The minimum Gasteiger partial charge on any atom is -0.480 e. The van der Waals surface area contributed by atoms with Crippen molar-refractivity contribution in [2.75, 3.05) is 32.7 Å². The second-order valence-corrected chi connectivity index (χ2v) is 4.02. The minimum absolute atomic E-state index is 0.305. The second kappa shape index (κ2) is 9.30. The van der Waals surface area contributed by atoms with E-state index < -0.39 is 5.97 Å². The van der Waals surface area contributed by atoms with Crippen LogP contribution in [0.5, 0.6) is 0 Å². The highest BCUT2D eigenvalue weighted by molar-refractivity contribution is 8.00. The first-order chi connectivity index (χ1) is 6.72. The Bertz CT molecular complexity index is 152. The maximum atomic E-state index is 10.6. The molecule has 0 saturated carbocycles. The number of methoxy groups -OCH3 is 1. The van der Waals surface area contributed by atoms with E-state index in [-0.39, 0.29) is 5.25 Å². The molecule has 0 fully saturated rings. The molecule has 1 N–H and O–H groups in total. The van der Waals surface area contributed by atoms with Crippen LogP contribution in [0.2, 0.25) is 0 Å². The first-order valence-electron chi connectivity index (χ1n) is 4.63. The smallest absolute Gasteiger partial charge is 0.316 e. The molecule has 0 aliphatic rings. The highest BCUT2D eigenvalue weighted by atomic mass is 32.2. The summed E-state index contributed by atoms with van der Waals surface area (Å²) in [5, 5.41) is 8.43. The summed E-state index contributed by atoms with van der Waals surface area (Å²) in [6, 6.07) is 0. The third kappa shape index (κ3) is 7.17. The van der Waals surface area contributed by atoms with Crippen molar-refractivity contribution in [1.29, 1.82) is 0 Å². The molecule has 0 radical (unpaired) electrons. The number of carboxylic acids is 1. The van der Waals surface area contributed by atoms with Crippen molar-refractivity contribution in [3.8, 4) is 0 Å². The molecule has 1 unspecified atom stereocenters. The summed E-state index contributed by atoms with van der Waals surface area (Å²) >= 11 is 1.42. The highest BCUT2D eigenvalue weighted by Crippen LogP contribution is 2.14. The third-order valence-electron chi connectivity index (χ3n) is 1.62. The topological polar surface area (TPSA) is 55.8 Å². The second-order valence-electron chi connectivity index (χ2n) is 2.71. The molecular formula is C9H18O4S. The molecule has 14 heavy (non-hydrogen) atoms. The summed E-state index contributed by atoms with van der Waals surface area (Å²) in [4.78, 5) is 10.6. The molecule has 0 aliphatic heterocycles. The Hall–Kier alpha value is -0.260. The van der Waals surface area contributed by atoms with Gasteiger partial charge in [0.15, 0.2) is 0 Å². The van der Waals surface area contributed by atoms with Gasteiger partial charge in [-0.1, -0.05) is 6.92 Å². The lowest BCUT2D eigenvalue weighted by atomic mass is 10.3. The predicted molar refractivity (Wildman–Crippen MR) is 56.9 cm³/mol. The first kappa shape index (κ1) is 13.7. The Morgan fingerprint density at radius 2 is 2.14 bits per heavy atom. The number of thioether (sulfide) groups is 1. The summed E-state index contributed by atoms with van der Waals surface area (Å²) < 4.78 is 10.0. The van der Waals surface area contributed by atoms with E-state index in [2.05, 4.69) is 0 Å². The van der Waals surface area contributed by atoms with Crippen LogP contribution in [0.15, 0.2) is 0 Å². The van der Waals surface area contributed by atoms with Crippen molar-refractivity contribution in [2.45, 2.75) is 18.6 Å². The van der Waals surface area contributed by atoms with Gasteiger partial charge in [-0.25, -0.2) is 0 Å². The Balaban J connectivity index is 3.29. The number of rotatable bonds is 9. The van der Waals surface area contributed by atoms with Gasteiger partial charge in [0.05, 0.1) is 19.8 Å². The number of hydrogen-bond donors (Lipinski definition) is 1. The average Bonchev–Trinajstić information content (AvgIpc) is 2.16. The summed E-state index contributed by atoms with van der Waals surface area (Å²) in [6.45, 7) is 3.61. The van der Waals surface area contributed by atoms with Crippen molar-refractivity contribution in [3.63, 3.8) is 0 Å². The van der Waals surface area contributed by atoms with E-state index in [9.17, 15) is 4.79 Å². The molecule has 5 heteroatoms. The average molecular weight is 222 g/mol. The van der Waals surface area contributed by atoms with Gasteiger partial charge in [0.1, 0.15) is 5.25 Å². The summed E-state index contributed by atoms with van der Waals surface area (Å²) in [5.74, 6) is -0.0245. The van der Waals surface area contributed by atoms with Crippen LogP contribution in [0, 0.1) is 0 Å². The van der Waals surface area contributed by atoms with Crippen molar-refractivity contribution < 1.29 is 19.4 Å². The van der Waals surface area contributed by atoms with Gasteiger partial charge >= 0.3 is 5.97 Å². The lowest BCUT2D eigenvalue weighted by molar-refractivity contribution is -0.136. The molecule has 0 aliphatic carbocycles. The Kier molecular flexibility index (Phi) is 9.13. The zero-order chi connectivity index (χ0) is 10.8. The fraction of sp³-hybridized carbons (Fsp3) is 0.889. The van der Waals surface area contributed by atoms with Gasteiger partial charge < -0.3 is 14.6 Å². The maximum absolute atomic E-state index is 10.6. The van der Waals surface area contributed by atoms with E-state index in [4.69, 9.17) is 14.6 Å². The molecule has 1 atom stereocenters. The first-order valence-corrected chi connectivity index (χ1v) is 5.68. The van der Waals surface area contributed by atoms with Gasteiger partial charge in [0.2, 0.25) is 0 Å². The molecule has 0 saturated heterocycles. The highest BCUT2D eigenvalue weighted by Gasteiger charge is 2.14. The summed E-state index contributed by atoms with van der Waals surface area (Å²) in [5.41, 5.74) is 0. The van der Waals surface area contributed by atoms with Crippen LogP contribution < -0.4 is 0 Å². The summed E-state index contributed by atoms with van der Waals surface area (Å²) in [6.07, 6.45) is 0.651. The molecule has 0 heterocycles. The van der Waals surface area contributed by atoms with E-state index >= 15 is 0 Å². The van der Waals surface area contributed by atoms with Crippen LogP contribution in [-0.2, 0) is 14.3 Å². The number of carboxylic acid groups (broad SMARTS) is 1. The maximum Gasteiger partial charge on any atom is 0.316 e. The van der Waals surface area contributed by atoms with E-state index in [0.29, 0.717) is 32.0 Å². The lowest BCUT2D eigenvalue weighted by Gasteiger charge is -2.09. The molecule has 84 valence electrons. The van der Waals surface area contributed by atoms with Crippen molar-refractivity contribution in [2.24, 2.45) is 0 Å². The normalized spacial score (nSPS) is 12.7. The van der Waals surface area contributed by atoms with Gasteiger partial charge in [0.25, 0.3) is 0 Å². The summed E-state index contributed by atoms with van der Waals surface area (Å²) in [7, 11) is 1.62. The molecule has 0 spiro atoms. The van der Waals surface area contributed by atoms with Crippen molar-refractivity contribution in [1.82, 2.24) is 0 Å². The number of aliphatic carboxylic acids is 1. The third-order valence-corrected chi connectivity index (χ3v) is 2.96. The van der Waals surface area contributed by atoms with Crippen LogP contribution in [0.3, 0.4) is 0 Å². The molecule has 4 nitrogen and oxygen atoms in total.